The highest BCUT2D eigenvalue weighted by atomic mass is 16.1. The number of fused-ring (bicyclic) bond motifs is 1. The van der Waals surface area contributed by atoms with Gasteiger partial charge in [0.1, 0.15) is 5.78 Å². The van der Waals surface area contributed by atoms with E-state index >= 15 is 0 Å². The second-order valence-corrected chi connectivity index (χ2v) is 6.51. The van der Waals surface area contributed by atoms with Gasteiger partial charge in [-0.05, 0) is 50.5 Å². The SMILES string of the molecule is C=C(C)C1=C[C@@]2(C)C(=O)[C@]3(C)CC[C@H]2[C@H]1C3. The van der Waals surface area contributed by atoms with Crippen molar-refractivity contribution in [2.24, 2.45) is 22.7 Å². The van der Waals surface area contributed by atoms with Crippen molar-refractivity contribution in [3.8, 4) is 0 Å². The van der Waals surface area contributed by atoms with Crippen LogP contribution in [0.15, 0.2) is 23.8 Å². The van der Waals surface area contributed by atoms with Gasteiger partial charge in [-0.25, -0.2) is 0 Å². The molecule has 0 aromatic carbocycles. The van der Waals surface area contributed by atoms with Crippen LogP contribution in [0.5, 0.6) is 0 Å². The maximum atomic E-state index is 12.6. The minimum atomic E-state index is -0.176. The van der Waals surface area contributed by atoms with Crippen LogP contribution >= 0.6 is 0 Å². The second-order valence-electron chi connectivity index (χ2n) is 6.51. The van der Waals surface area contributed by atoms with Crippen molar-refractivity contribution < 1.29 is 4.79 Å². The van der Waals surface area contributed by atoms with E-state index in [1.165, 1.54) is 12.0 Å². The Kier molecular flexibility index (Phi) is 1.74. The van der Waals surface area contributed by atoms with E-state index in [-0.39, 0.29) is 10.8 Å². The van der Waals surface area contributed by atoms with Crippen LogP contribution in [0.1, 0.15) is 40.0 Å². The van der Waals surface area contributed by atoms with Gasteiger partial charge in [-0.3, -0.25) is 4.79 Å². The maximum absolute atomic E-state index is 12.6. The molecule has 0 heterocycles. The summed E-state index contributed by atoms with van der Waals surface area (Å²) in [5.41, 5.74) is 2.31. The molecule has 86 valence electrons. The number of carbonyl (C=O) groups excluding carboxylic acids is 1. The van der Waals surface area contributed by atoms with Crippen LogP contribution in [0.4, 0.5) is 0 Å². The van der Waals surface area contributed by atoms with Crippen LogP contribution < -0.4 is 0 Å². The number of hydrogen-bond donors (Lipinski definition) is 0. The van der Waals surface area contributed by atoms with Crippen LogP contribution in [0.3, 0.4) is 0 Å². The molecular weight excluding hydrogens is 196 g/mol. The second kappa shape index (κ2) is 2.69. The van der Waals surface area contributed by atoms with Gasteiger partial charge >= 0.3 is 0 Å². The molecule has 0 N–H and O–H groups in total. The smallest absolute Gasteiger partial charge is 0.148 e. The molecular formula is C15H20O. The Balaban J connectivity index is 2.15. The molecule has 4 bridgehead atoms. The molecule has 0 saturated heterocycles. The molecule has 0 unspecified atom stereocenters. The lowest BCUT2D eigenvalue weighted by molar-refractivity contribution is -0.151. The zero-order chi connectivity index (χ0) is 11.7. The molecule has 16 heavy (non-hydrogen) atoms. The first-order valence-electron chi connectivity index (χ1n) is 6.32. The summed E-state index contributed by atoms with van der Waals surface area (Å²) in [5, 5.41) is 0. The van der Waals surface area contributed by atoms with Crippen molar-refractivity contribution in [1.82, 2.24) is 0 Å². The molecule has 3 saturated carbocycles. The van der Waals surface area contributed by atoms with E-state index in [2.05, 4.69) is 33.4 Å². The Hall–Kier alpha value is -0.850. The Morgan fingerprint density at radius 1 is 1.50 bits per heavy atom. The molecule has 4 aliphatic rings. The van der Waals surface area contributed by atoms with Crippen molar-refractivity contribution in [3.63, 3.8) is 0 Å². The number of rotatable bonds is 1. The first kappa shape index (κ1) is 10.3. The largest absolute Gasteiger partial charge is 0.298 e. The van der Waals surface area contributed by atoms with Gasteiger partial charge in [-0.15, -0.1) is 0 Å². The minimum Gasteiger partial charge on any atom is -0.298 e. The molecule has 0 spiro atoms. The topological polar surface area (TPSA) is 17.1 Å². The quantitative estimate of drug-likeness (QED) is 0.655. The molecule has 4 aliphatic carbocycles. The normalized spacial score (nSPS) is 49.4. The highest BCUT2D eigenvalue weighted by Crippen LogP contribution is 2.65. The highest BCUT2D eigenvalue weighted by molar-refractivity contribution is 5.95. The van der Waals surface area contributed by atoms with Gasteiger partial charge in [0.15, 0.2) is 0 Å². The predicted octanol–water partition coefficient (Wildman–Crippen LogP) is 3.51. The monoisotopic (exact) mass is 216 g/mol. The van der Waals surface area contributed by atoms with E-state index in [0.717, 1.165) is 18.4 Å². The third kappa shape index (κ3) is 0.952. The lowest BCUT2D eigenvalue weighted by Crippen LogP contribution is -2.54. The predicted molar refractivity (Wildman–Crippen MR) is 64.9 cm³/mol. The van der Waals surface area contributed by atoms with Gasteiger partial charge in [0.2, 0.25) is 0 Å². The molecule has 1 nitrogen and oxygen atoms in total. The Morgan fingerprint density at radius 2 is 2.19 bits per heavy atom. The third-order valence-electron chi connectivity index (χ3n) is 5.32. The van der Waals surface area contributed by atoms with E-state index in [0.29, 0.717) is 17.6 Å². The Bertz CT molecular complexity index is 431. The molecule has 0 amide bonds. The summed E-state index contributed by atoms with van der Waals surface area (Å²) in [6.45, 7) is 10.5. The van der Waals surface area contributed by atoms with Crippen LogP contribution in [-0.4, -0.2) is 5.78 Å². The molecule has 0 aliphatic heterocycles. The number of Topliss-reactive ketones (excluding diaryl/α,β-unsaturated/α-hetero) is 1. The van der Waals surface area contributed by atoms with Crippen molar-refractivity contribution in [1.29, 1.82) is 0 Å². The molecule has 0 aromatic rings. The van der Waals surface area contributed by atoms with Crippen molar-refractivity contribution >= 4 is 5.78 Å². The van der Waals surface area contributed by atoms with E-state index in [4.69, 9.17) is 0 Å². The van der Waals surface area contributed by atoms with Crippen molar-refractivity contribution in [3.05, 3.63) is 23.8 Å². The molecule has 4 rings (SSSR count). The summed E-state index contributed by atoms with van der Waals surface area (Å²) in [7, 11) is 0. The maximum Gasteiger partial charge on any atom is 0.148 e. The minimum absolute atomic E-state index is 0.0537. The fraction of sp³-hybridized carbons (Fsp3) is 0.667. The lowest BCUT2D eigenvalue weighted by atomic mass is 9.49. The van der Waals surface area contributed by atoms with Gasteiger partial charge in [0.25, 0.3) is 0 Å². The zero-order valence-electron chi connectivity index (χ0n) is 10.5. The third-order valence-corrected chi connectivity index (χ3v) is 5.32. The molecule has 3 fully saturated rings. The highest BCUT2D eigenvalue weighted by Gasteiger charge is 2.63. The molecule has 1 heteroatoms. The van der Waals surface area contributed by atoms with Crippen LogP contribution in [-0.2, 0) is 4.79 Å². The number of hydrogen-bond acceptors (Lipinski definition) is 1. The summed E-state index contributed by atoms with van der Waals surface area (Å²) in [6.07, 6.45) is 5.62. The summed E-state index contributed by atoms with van der Waals surface area (Å²) >= 11 is 0. The van der Waals surface area contributed by atoms with Crippen LogP contribution in [0.25, 0.3) is 0 Å². The summed E-state index contributed by atoms with van der Waals surface area (Å²) in [5.74, 6) is 1.66. The van der Waals surface area contributed by atoms with E-state index in [1.807, 2.05) is 0 Å². The number of allylic oxidation sites excluding steroid dienone is 3. The van der Waals surface area contributed by atoms with Crippen molar-refractivity contribution in [2.75, 3.05) is 0 Å². The standard InChI is InChI=1S/C15H20O/c1-9(2)10-8-15(4)12-5-6-14(3,13(15)16)7-11(10)12/h8,11-12H,1,5-7H2,2-4H3/t11-,12-,14+,15+/m0/s1. The Morgan fingerprint density at radius 3 is 2.81 bits per heavy atom. The van der Waals surface area contributed by atoms with Gasteiger partial charge in [0, 0.05) is 10.8 Å². The fourth-order valence-electron chi connectivity index (χ4n) is 4.52. The molecule has 0 radical (unpaired) electrons. The Labute approximate surface area is 97.6 Å². The van der Waals surface area contributed by atoms with E-state index < -0.39 is 0 Å². The first-order chi connectivity index (χ1) is 7.38. The fourth-order valence-corrected chi connectivity index (χ4v) is 4.52. The van der Waals surface area contributed by atoms with Gasteiger partial charge in [-0.2, -0.15) is 0 Å². The van der Waals surface area contributed by atoms with Gasteiger partial charge in [-0.1, -0.05) is 25.2 Å². The van der Waals surface area contributed by atoms with E-state index in [9.17, 15) is 4.79 Å². The summed E-state index contributed by atoms with van der Waals surface area (Å²) in [4.78, 5) is 12.6. The average molecular weight is 216 g/mol. The summed E-state index contributed by atoms with van der Waals surface area (Å²) < 4.78 is 0. The van der Waals surface area contributed by atoms with E-state index in [1.54, 1.807) is 0 Å². The van der Waals surface area contributed by atoms with Gasteiger partial charge < -0.3 is 0 Å². The van der Waals surface area contributed by atoms with Gasteiger partial charge in [0.05, 0.1) is 0 Å². The zero-order valence-corrected chi connectivity index (χ0v) is 10.5. The van der Waals surface area contributed by atoms with Crippen molar-refractivity contribution in [2.45, 2.75) is 40.0 Å². The summed E-state index contributed by atoms with van der Waals surface area (Å²) in [6, 6.07) is 0. The van der Waals surface area contributed by atoms with Crippen LogP contribution in [0.2, 0.25) is 0 Å². The molecule has 4 atom stereocenters. The number of ketones is 1. The lowest BCUT2D eigenvalue weighted by Gasteiger charge is -2.53. The first-order valence-corrected chi connectivity index (χ1v) is 6.32. The van der Waals surface area contributed by atoms with Crippen LogP contribution in [0, 0.1) is 22.7 Å². The molecule has 0 aromatic heterocycles. The average Bonchev–Trinajstić information content (AvgIpc) is 2.47. The number of carbonyl (C=O) groups is 1.